The maximum atomic E-state index is 3.61. The van der Waals surface area contributed by atoms with E-state index < -0.39 is 0 Å². The predicted octanol–water partition coefficient (Wildman–Crippen LogP) is 5.11. The Bertz CT molecular complexity index is 363. The summed E-state index contributed by atoms with van der Waals surface area (Å²) in [5.74, 6) is 0.797. The molecule has 1 aromatic carbocycles. The van der Waals surface area contributed by atoms with Crippen LogP contribution in [0.3, 0.4) is 0 Å². The van der Waals surface area contributed by atoms with Crippen molar-refractivity contribution in [2.45, 2.75) is 53.0 Å². The zero-order valence-corrected chi connectivity index (χ0v) is 12.9. The third kappa shape index (κ3) is 7.17. The molecule has 0 amide bonds. The van der Waals surface area contributed by atoms with Crippen molar-refractivity contribution in [2.24, 2.45) is 5.92 Å². The Hall–Kier alpha value is -1.08. The molecule has 106 valence electrons. The van der Waals surface area contributed by atoms with Crippen LogP contribution in [0.4, 0.5) is 0 Å². The quantitative estimate of drug-likeness (QED) is 0.640. The lowest BCUT2D eigenvalue weighted by atomic mass is 10.0. The van der Waals surface area contributed by atoms with Crippen molar-refractivity contribution in [2.75, 3.05) is 6.54 Å². The molecule has 19 heavy (non-hydrogen) atoms. The summed E-state index contributed by atoms with van der Waals surface area (Å²) in [4.78, 5) is 0. The van der Waals surface area contributed by atoms with Crippen molar-refractivity contribution in [1.29, 1.82) is 0 Å². The van der Waals surface area contributed by atoms with Crippen LogP contribution in [0.15, 0.2) is 42.0 Å². The number of benzene rings is 1. The molecular weight excluding hydrogens is 230 g/mol. The van der Waals surface area contributed by atoms with Gasteiger partial charge in [0.2, 0.25) is 0 Å². The summed E-state index contributed by atoms with van der Waals surface area (Å²) in [5, 5.41) is 3.61. The molecule has 0 saturated carbocycles. The normalized spacial score (nSPS) is 13.9. The van der Waals surface area contributed by atoms with E-state index in [9.17, 15) is 0 Å². The van der Waals surface area contributed by atoms with Gasteiger partial charge in [-0.25, -0.2) is 0 Å². The minimum absolute atomic E-state index is 0.450. The lowest BCUT2D eigenvalue weighted by Crippen LogP contribution is -2.21. The van der Waals surface area contributed by atoms with Gasteiger partial charge in [0.15, 0.2) is 0 Å². The Balaban J connectivity index is 2.18. The maximum absolute atomic E-state index is 3.61. The van der Waals surface area contributed by atoms with Gasteiger partial charge in [0.25, 0.3) is 0 Å². The van der Waals surface area contributed by atoms with Crippen molar-refractivity contribution in [1.82, 2.24) is 5.32 Å². The zero-order chi connectivity index (χ0) is 14.1. The van der Waals surface area contributed by atoms with E-state index in [1.165, 1.54) is 30.4 Å². The summed E-state index contributed by atoms with van der Waals surface area (Å²) in [6.07, 6.45) is 6.12. The third-order valence-corrected chi connectivity index (χ3v) is 3.60. The molecule has 0 spiro atoms. The van der Waals surface area contributed by atoms with Gasteiger partial charge in [-0.3, -0.25) is 0 Å². The lowest BCUT2D eigenvalue weighted by molar-refractivity contribution is 0.452. The van der Waals surface area contributed by atoms with E-state index in [0.29, 0.717) is 6.04 Å². The smallest absolute Gasteiger partial charge is 0.0291 e. The molecule has 0 aliphatic heterocycles. The molecule has 0 radical (unpaired) electrons. The van der Waals surface area contributed by atoms with E-state index in [1.807, 2.05) is 0 Å². The van der Waals surface area contributed by atoms with E-state index >= 15 is 0 Å². The summed E-state index contributed by atoms with van der Waals surface area (Å²) in [7, 11) is 0. The number of nitrogens with one attached hydrogen (secondary N) is 1. The highest BCUT2D eigenvalue weighted by Gasteiger charge is 2.05. The largest absolute Gasteiger partial charge is 0.310 e. The van der Waals surface area contributed by atoms with Gasteiger partial charge in [-0.2, -0.15) is 0 Å². The van der Waals surface area contributed by atoms with Gasteiger partial charge in [0.1, 0.15) is 0 Å². The molecule has 2 atom stereocenters. The van der Waals surface area contributed by atoms with Crippen LogP contribution in [0.1, 0.15) is 58.6 Å². The van der Waals surface area contributed by atoms with Crippen LogP contribution in [-0.2, 0) is 0 Å². The fourth-order valence-electron chi connectivity index (χ4n) is 2.21. The van der Waals surface area contributed by atoms with Crippen LogP contribution in [0, 0.1) is 5.92 Å². The number of hydrogen-bond acceptors (Lipinski definition) is 1. The van der Waals surface area contributed by atoms with Gasteiger partial charge in [0.05, 0.1) is 0 Å². The maximum Gasteiger partial charge on any atom is 0.0291 e. The molecule has 0 aliphatic rings. The van der Waals surface area contributed by atoms with Crippen molar-refractivity contribution < 1.29 is 0 Å². The van der Waals surface area contributed by atoms with E-state index in [-0.39, 0.29) is 0 Å². The highest BCUT2D eigenvalue weighted by molar-refractivity contribution is 5.17. The van der Waals surface area contributed by atoms with Crippen molar-refractivity contribution in [3.8, 4) is 0 Å². The number of allylic oxidation sites excluding steroid dienone is 2. The van der Waals surface area contributed by atoms with E-state index in [4.69, 9.17) is 0 Å². The lowest BCUT2D eigenvalue weighted by Gasteiger charge is -2.16. The van der Waals surface area contributed by atoms with Crippen LogP contribution in [-0.4, -0.2) is 6.54 Å². The monoisotopic (exact) mass is 259 g/mol. The van der Waals surface area contributed by atoms with Crippen molar-refractivity contribution >= 4 is 0 Å². The molecule has 0 aliphatic carbocycles. The standard InChI is InChI=1S/C18H29N/c1-15(2)9-8-10-16(3)13-14-19-17(4)18-11-6-5-7-12-18/h5-7,9,11-12,16-17,19H,8,10,13-14H2,1-4H3/t16?,17-/m1/s1. The van der Waals surface area contributed by atoms with Crippen LogP contribution in [0.2, 0.25) is 0 Å². The first-order chi connectivity index (χ1) is 9.09. The SMILES string of the molecule is CC(C)=CCCC(C)CCN[C@H](C)c1ccccc1. The number of rotatable bonds is 8. The predicted molar refractivity (Wildman–Crippen MR) is 85.3 cm³/mol. The van der Waals surface area contributed by atoms with Crippen LogP contribution < -0.4 is 5.32 Å². The Labute approximate surface area is 119 Å². The van der Waals surface area contributed by atoms with Gasteiger partial charge >= 0.3 is 0 Å². The fourth-order valence-corrected chi connectivity index (χ4v) is 2.21. The average molecular weight is 259 g/mol. The molecule has 0 bridgehead atoms. The van der Waals surface area contributed by atoms with E-state index in [0.717, 1.165) is 12.5 Å². The zero-order valence-electron chi connectivity index (χ0n) is 12.9. The first-order valence-electron chi connectivity index (χ1n) is 7.51. The third-order valence-electron chi connectivity index (χ3n) is 3.60. The highest BCUT2D eigenvalue weighted by atomic mass is 14.9. The molecule has 1 unspecified atom stereocenters. The Kier molecular flexibility index (Phi) is 7.50. The fraction of sp³-hybridized carbons (Fsp3) is 0.556. The van der Waals surface area contributed by atoms with Gasteiger partial charge < -0.3 is 5.32 Å². The summed E-state index contributed by atoms with van der Waals surface area (Å²) in [6.45, 7) is 10.0. The van der Waals surface area contributed by atoms with Crippen LogP contribution in [0.5, 0.6) is 0 Å². The van der Waals surface area contributed by atoms with Gasteiger partial charge in [-0.1, -0.05) is 48.9 Å². The summed E-state index contributed by atoms with van der Waals surface area (Å²) in [6, 6.07) is 11.1. The van der Waals surface area contributed by atoms with E-state index in [2.05, 4.69) is 69.4 Å². The molecule has 1 heteroatoms. The highest BCUT2D eigenvalue weighted by Crippen LogP contribution is 2.14. The Morgan fingerprint density at radius 3 is 2.42 bits per heavy atom. The van der Waals surface area contributed by atoms with Gasteiger partial charge in [-0.05, 0) is 58.1 Å². The number of hydrogen-bond donors (Lipinski definition) is 1. The molecular formula is C18H29N. The second-order valence-electron chi connectivity index (χ2n) is 5.84. The molecule has 0 heterocycles. The van der Waals surface area contributed by atoms with Crippen molar-refractivity contribution in [3.63, 3.8) is 0 Å². The first kappa shape index (κ1) is 16.0. The van der Waals surface area contributed by atoms with Gasteiger partial charge in [-0.15, -0.1) is 0 Å². The Morgan fingerprint density at radius 2 is 1.79 bits per heavy atom. The minimum atomic E-state index is 0.450. The summed E-state index contributed by atoms with van der Waals surface area (Å²) < 4.78 is 0. The molecule has 1 N–H and O–H groups in total. The molecule has 1 rings (SSSR count). The average Bonchev–Trinajstić information content (AvgIpc) is 2.39. The molecule has 1 aromatic rings. The Morgan fingerprint density at radius 1 is 1.11 bits per heavy atom. The second-order valence-corrected chi connectivity index (χ2v) is 5.84. The first-order valence-corrected chi connectivity index (χ1v) is 7.51. The van der Waals surface area contributed by atoms with Crippen LogP contribution >= 0.6 is 0 Å². The van der Waals surface area contributed by atoms with Gasteiger partial charge in [0, 0.05) is 6.04 Å². The molecule has 1 nitrogen and oxygen atoms in total. The molecule has 0 aromatic heterocycles. The topological polar surface area (TPSA) is 12.0 Å². The summed E-state index contributed by atoms with van der Waals surface area (Å²) in [5.41, 5.74) is 2.81. The molecule has 0 saturated heterocycles. The minimum Gasteiger partial charge on any atom is -0.310 e. The molecule has 0 fully saturated rings. The second kappa shape index (κ2) is 8.92. The van der Waals surface area contributed by atoms with E-state index in [1.54, 1.807) is 0 Å². The van der Waals surface area contributed by atoms with Crippen molar-refractivity contribution in [3.05, 3.63) is 47.5 Å². The van der Waals surface area contributed by atoms with Crippen LogP contribution in [0.25, 0.3) is 0 Å². The summed E-state index contributed by atoms with van der Waals surface area (Å²) >= 11 is 0.